The number of nitrogens with zero attached hydrogens (tertiary/aromatic N) is 2. The number of benzene rings is 2. The third kappa shape index (κ3) is 5.92. The SMILES string of the molecule is N#CNC(N)=Nc1cc(F)ccc1F.Nc1cc(F)ccc1F. The van der Waals surface area contributed by atoms with Crippen molar-refractivity contribution in [1.82, 2.24) is 5.32 Å². The Morgan fingerprint density at radius 3 is 2.09 bits per heavy atom. The van der Waals surface area contributed by atoms with Gasteiger partial charge in [0, 0.05) is 6.07 Å². The second kappa shape index (κ2) is 8.23. The number of rotatable bonds is 1. The topological polar surface area (TPSA) is 100 Å². The number of nitrogen functional groups attached to an aromatic ring is 1. The number of hydrogen-bond donors (Lipinski definition) is 3. The third-order valence-electron chi connectivity index (χ3n) is 2.29. The average Bonchev–Trinajstić information content (AvgIpc) is 2.48. The molecular formula is C14H11F4N5. The summed E-state index contributed by atoms with van der Waals surface area (Å²) < 4.78 is 49.9. The summed E-state index contributed by atoms with van der Waals surface area (Å²) in [6.07, 6.45) is 1.50. The van der Waals surface area contributed by atoms with E-state index in [2.05, 4.69) is 4.99 Å². The van der Waals surface area contributed by atoms with Crippen LogP contribution in [0, 0.1) is 34.7 Å². The standard InChI is InChI=1S/C8H6F2N4.C6H5F2N/c9-5-1-2-6(10)7(3-5)14-8(12)13-4-11;7-4-1-2-5(8)6(9)3-4/h1-3H,(H3,12,13,14);1-3H,9H2. The van der Waals surface area contributed by atoms with E-state index >= 15 is 0 Å². The first-order valence-corrected chi connectivity index (χ1v) is 5.98. The highest BCUT2D eigenvalue weighted by Crippen LogP contribution is 2.18. The molecule has 2 aromatic carbocycles. The van der Waals surface area contributed by atoms with Crippen LogP contribution in [0.25, 0.3) is 0 Å². The number of guanidine groups is 1. The van der Waals surface area contributed by atoms with Gasteiger partial charge in [-0.3, -0.25) is 5.32 Å². The Morgan fingerprint density at radius 2 is 1.57 bits per heavy atom. The van der Waals surface area contributed by atoms with E-state index in [0.29, 0.717) is 0 Å². The van der Waals surface area contributed by atoms with Crippen molar-refractivity contribution < 1.29 is 17.6 Å². The van der Waals surface area contributed by atoms with Crippen LogP contribution in [-0.2, 0) is 0 Å². The van der Waals surface area contributed by atoms with Crippen LogP contribution in [-0.4, -0.2) is 5.96 Å². The molecule has 2 rings (SSSR count). The van der Waals surface area contributed by atoms with Crippen LogP contribution in [0.15, 0.2) is 41.4 Å². The van der Waals surface area contributed by atoms with Gasteiger partial charge in [-0.25, -0.2) is 22.6 Å². The van der Waals surface area contributed by atoms with Crippen molar-refractivity contribution in [3.8, 4) is 6.19 Å². The number of halogens is 4. The van der Waals surface area contributed by atoms with E-state index in [1.165, 1.54) is 6.19 Å². The molecule has 5 nitrogen and oxygen atoms in total. The molecule has 0 bridgehead atoms. The summed E-state index contributed by atoms with van der Waals surface area (Å²) in [5, 5.41) is 10.1. The van der Waals surface area contributed by atoms with Gasteiger partial charge in [0.25, 0.3) is 0 Å². The fourth-order valence-corrected chi connectivity index (χ4v) is 1.30. The molecule has 120 valence electrons. The average molecular weight is 325 g/mol. The van der Waals surface area contributed by atoms with Crippen LogP contribution < -0.4 is 16.8 Å². The molecule has 0 saturated carbocycles. The normalized spacial score (nSPS) is 10.3. The van der Waals surface area contributed by atoms with Gasteiger partial charge in [-0.1, -0.05) is 0 Å². The van der Waals surface area contributed by atoms with Crippen molar-refractivity contribution in [2.45, 2.75) is 0 Å². The summed E-state index contributed by atoms with van der Waals surface area (Å²) in [6, 6.07) is 5.71. The number of nitrogens with two attached hydrogens (primary N) is 2. The van der Waals surface area contributed by atoms with Crippen molar-refractivity contribution in [2.24, 2.45) is 10.7 Å². The molecule has 0 fully saturated rings. The maximum absolute atomic E-state index is 12.9. The van der Waals surface area contributed by atoms with Gasteiger partial charge in [0.2, 0.25) is 5.96 Å². The monoisotopic (exact) mass is 325 g/mol. The molecule has 5 N–H and O–H groups in total. The highest BCUT2D eigenvalue weighted by molar-refractivity contribution is 5.82. The zero-order chi connectivity index (χ0) is 17.4. The molecule has 0 aliphatic carbocycles. The molecule has 0 atom stereocenters. The van der Waals surface area contributed by atoms with Crippen LogP contribution in [0.3, 0.4) is 0 Å². The lowest BCUT2D eigenvalue weighted by molar-refractivity contribution is 0.602. The predicted molar refractivity (Wildman–Crippen MR) is 77.2 cm³/mol. The van der Waals surface area contributed by atoms with Crippen LogP contribution >= 0.6 is 0 Å². The van der Waals surface area contributed by atoms with Gasteiger partial charge in [-0.05, 0) is 30.3 Å². The first-order chi connectivity index (χ1) is 10.8. The second-order valence-electron chi connectivity index (χ2n) is 4.00. The number of aliphatic imine (C=N–C) groups is 1. The Kier molecular flexibility index (Phi) is 6.36. The number of hydrogen-bond acceptors (Lipinski definition) is 3. The van der Waals surface area contributed by atoms with Gasteiger partial charge >= 0.3 is 0 Å². The fraction of sp³-hybridized carbons (Fsp3) is 0. The van der Waals surface area contributed by atoms with Crippen LogP contribution in [0.1, 0.15) is 0 Å². The minimum Gasteiger partial charge on any atom is -0.396 e. The molecule has 0 aliphatic rings. The number of nitriles is 1. The largest absolute Gasteiger partial charge is 0.396 e. The minimum absolute atomic E-state index is 0.157. The summed E-state index contributed by atoms with van der Waals surface area (Å²) in [5.41, 5.74) is 9.75. The zero-order valence-electron chi connectivity index (χ0n) is 11.5. The Bertz CT molecular complexity index is 755. The lowest BCUT2D eigenvalue weighted by atomic mass is 10.3. The Morgan fingerprint density at radius 1 is 1.00 bits per heavy atom. The maximum atomic E-state index is 12.9. The number of anilines is 1. The fourth-order valence-electron chi connectivity index (χ4n) is 1.30. The zero-order valence-corrected chi connectivity index (χ0v) is 11.5. The van der Waals surface area contributed by atoms with Crippen molar-refractivity contribution >= 4 is 17.3 Å². The minimum atomic E-state index is -0.714. The Balaban J connectivity index is 0.000000253. The van der Waals surface area contributed by atoms with E-state index in [0.717, 1.165) is 36.4 Å². The Labute approximate surface area is 128 Å². The van der Waals surface area contributed by atoms with Gasteiger partial charge in [0.1, 0.15) is 29.0 Å². The lowest BCUT2D eigenvalue weighted by Gasteiger charge is -1.98. The van der Waals surface area contributed by atoms with Gasteiger partial charge < -0.3 is 11.5 Å². The van der Waals surface area contributed by atoms with Crippen molar-refractivity contribution in [3.05, 3.63) is 59.7 Å². The van der Waals surface area contributed by atoms with Crippen LogP contribution in [0.5, 0.6) is 0 Å². The summed E-state index contributed by atoms with van der Waals surface area (Å²) in [7, 11) is 0. The molecule has 0 amide bonds. The molecule has 23 heavy (non-hydrogen) atoms. The highest BCUT2D eigenvalue weighted by Gasteiger charge is 2.02. The van der Waals surface area contributed by atoms with E-state index in [1.807, 2.05) is 5.32 Å². The van der Waals surface area contributed by atoms with Crippen molar-refractivity contribution in [3.63, 3.8) is 0 Å². The molecule has 0 radical (unpaired) electrons. The molecule has 0 unspecified atom stereocenters. The van der Waals surface area contributed by atoms with Crippen molar-refractivity contribution in [1.29, 1.82) is 5.26 Å². The number of nitrogens with one attached hydrogen (secondary N) is 1. The summed E-state index contributed by atoms with van der Waals surface area (Å²) >= 11 is 0. The first-order valence-electron chi connectivity index (χ1n) is 5.98. The molecule has 9 heteroatoms. The van der Waals surface area contributed by atoms with Gasteiger partial charge in [0.15, 0.2) is 6.19 Å². The van der Waals surface area contributed by atoms with Gasteiger partial charge in [-0.15, -0.1) is 0 Å². The van der Waals surface area contributed by atoms with Crippen molar-refractivity contribution in [2.75, 3.05) is 5.73 Å². The molecule has 0 aliphatic heterocycles. The predicted octanol–water partition coefficient (Wildman–Crippen LogP) is 2.53. The Hall–Kier alpha value is -3.28. The van der Waals surface area contributed by atoms with Gasteiger partial charge in [0.05, 0.1) is 5.69 Å². The molecule has 2 aromatic rings. The molecule has 0 aromatic heterocycles. The van der Waals surface area contributed by atoms with Gasteiger partial charge in [-0.2, -0.15) is 5.26 Å². The van der Waals surface area contributed by atoms with E-state index in [-0.39, 0.29) is 17.3 Å². The highest BCUT2D eigenvalue weighted by atomic mass is 19.1. The first kappa shape index (κ1) is 17.8. The summed E-state index contributed by atoms with van der Waals surface area (Å²) in [5.74, 6) is -2.74. The van der Waals surface area contributed by atoms with E-state index in [1.54, 1.807) is 0 Å². The lowest BCUT2D eigenvalue weighted by Crippen LogP contribution is -2.26. The maximum Gasteiger partial charge on any atom is 0.207 e. The molecule has 0 spiro atoms. The molecule has 0 heterocycles. The third-order valence-corrected chi connectivity index (χ3v) is 2.29. The summed E-state index contributed by atoms with van der Waals surface area (Å²) in [4.78, 5) is 3.45. The van der Waals surface area contributed by atoms with E-state index in [9.17, 15) is 17.6 Å². The van der Waals surface area contributed by atoms with E-state index < -0.39 is 23.3 Å². The summed E-state index contributed by atoms with van der Waals surface area (Å²) in [6.45, 7) is 0. The smallest absolute Gasteiger partial charge is 0.207 e. The van der Waals surface area contributed by atoms with E-state index in [4.69, 9.17) is 16.7 Å². The van der Waals surface area contributed by atoms with Crippen LogP contribution in [0.4, 0.5) is 28.9 Å². The second-order valence-corrected chi connectivity index (χ2v) is 4.00. The molecular weight excluding hydrogens is 314 g/mol. The van der Waals surface area contributed by atoms with Crippen LogP contribution in [0.2, 0.25) is 0 Å². The molecule has 0 saturated heterocycles. The quantitative estimate of drug-likeness (QED) is 0.187.